The highest BCUT2D eigenvalue weighted by Gasteiger charge is 2.21. The number of hydrogen-bond donors (Lipinski definition) is 1. The number of amides is 1. The Hall–Kier alpha value is -1.44. The smallest absolute Gasteiger partial charge is 0.253 e. The molecule has 0 bridgehead atoms. The van der Waals surface area contributed by atoms with Crippen molar-refractivity contribution in [3.63, 3.8) is 0 Å². The van der Waals surface area contributed by atoms with Gasteiger partial charge in [-0.1, -0.05) is 6.92 Å². The molecule has 0 spiro atoms. The van der Waals surface area contributed by atoms with Crippen LogP contribution in [0.5, 0.6) is 0 Å². The van der Waals surface area contributed by atoms with Gasteiger partial charge in [-0.3, -0.25) is 4.79 Å². The molecular weight excluding hydrogens is 278 g/mol. The summed E-state index contributed by atoms with van der Waals surface area (Å²) in [6, 6.07) is 5.75. The summed E-state index contributed by atoms with van der Waals surface area (Å²) in [7, 11) is -3.71. The monoisotopic (exact) mass is 297 g/mol. The van der Waals surface area contributed by atoms with Crippen LogP contribution >= 0.6 is 0 Å². The first-order valence-electron chi connectivity index (χ1n) is 6.56. The number of hydrogen-bond acceptors (Lipinski definition) is 4. The highest BCUT2D eigenvalue weighted by molar-refractivity contribution is 7.89. The van der Waals surface area contributed by atoms with Gasteiger partial charge in [-0.05, 0) is 30.8 Å². The molecular formula is C13H19N3O3S. The van der Waals surface area contributed by atoms with Gasteiger partial charge in [0.15, 0.2) is 0 Å². The lowest BCUT2D eigenvalue weighted by atomic mass is 10.2. The largest absolute Gasteiger partial charge is 0.336 e. The van der Waals surface area contributed by atoms with Gasteiger partial charge in [0.2, 0.25) is 10.0 Å². The molecule has 1 aromatic carbocycles. The van der Waals surface area contributed by atoms with Gasteiger partial charge in [-0.15, -0.1) is 0 Å². The minimum Gasteiger partial charge on any atom is -0.336 e. The van der Waals surface area contributed by atoms with Crippen molar-refractivity contribution in [3.05, 3.63) is 29.8 Å². The predicted molar refractivity (Wildman–Crippen MR) is 75.8 cm³/mol. The van der Waals surface area contributed by atoms with E-state index in [0.29, 0.717) is 18.7 Å². The van der Waals surface area contributed by atoms with Crippen LogP contribution in [0.2, 0.25) is 0 Å². The zero-order valence-corrected chi connectivity index (χ0v) is 12.3. The highest BCUT2D eigenvalue weighted by Crippen LogP contribution is 2.12. The average Bonchev–Trinajstić information content (AvgIpc) is 2.46. The summed E-state index contributed by atoms with van der Waals surface area (Å²) < 4.78 is 22.3. The van der Waals surface area contributed by atoms with Gasteiger partial charge in [0, 0.05) is 31.7 Å². The van der Waals surface area contributed by atoms with Crippen LogP contribution in [0.15, 0.2) is 29.2 Å². The summed E-state index contributed by atoms with van der Waals surface area (Å²) in [6.45, 7) is 6.23. The summed E-state index contributed by atoms with van der Waals surface area (Å²) in [4.78, 5) is 16.4. The normalized spacial score (nSPS) is 17.2. The number of benzene rings is 1. The van der Waals surface area contributed by atoms with Crippen molar-refractivity contribution >= 4 is 15.9 Å². The molecule has 2 N–H and O–H groups in total. The fraction of sp³-hybridized carbons (Fsp3) is 0.462. The number of primary sulfonamides is 1. The fourth-order valence-corrected chi connectivity index (χ4v) is 2.75. The number of rotatable bonds is 3. The van der Waals surface area contributed by atoms with Gasteiger partial charge in [0.05, 0.1) is 4.90 Å². The van der Waals surface area contributed by atoms with E-state index in [-0.39, 0.29) is 10.8 Å². The van der Waals surface area contributed by atoms with Crippen LogP contribution in [0, 0.1) is 0 Å². The summed E-state index contributed by atoms with van der Waals surface area (Å²) in [5, 5.41) is 5.03. The molecule has 1 heterocycles. The van der Waals surface area contributed by atoms with Crippen molar-refractivity contribution in [2.45, 2.75) is 11.8 Å². The van der Waals surface area contributed by atoms with E-state index in [4.69, 9.17) is 5.14 Å². The third kappa shape index (κ3) is 3.36. The Morgan fingerprint density at radius 2 is 1.70 bits per heavy atom. The number of carbonyl (C=O) groups is 1. The second kappa shape index (κ2) is 5.90. The molecule has 0 saturated carbocycles. The van der Waals surface area contributed by atoms with Crippen molar-refractivity contribution in [2.75, 3.05) is 32.7 Å². The number of nitrogens with zero attached hydrogens (tertiary/aromatic N) is 2. The molecule has 1 amide bonds. The van der Waals surface area contributed by atoms with Gasteiger partial charge in [-0.25, -0.2) is 13.6 Å². The summed E-state index contributed by atoms with van der Waals surface area (Å²) >= 11 is 0. The van der Waals surface area contributed by atoms with Gasteiger partial charge in [0.25, 0.3) is 5.91 Å². The maximum Gasteiger partial charge on any atom is 0.253 e. The van der Waals surface area contributed by atoms with E-state index >= 15 is 0 Å². The molecule has 20 heavy (non-hydrogen) atoms. The van der Waals surface area contributed by atoms with Crippen molar-refractivity contribution in [1.82, 2.24) is 9.80 Å². The number of likely N-dealkylation sites (N-methyl/N-ethyl adjacent to an activating group) is 1. The van der Waals surface area contributed by atoms with Crippen molar-refractivity contribution in [1.29, 1.82) is 0 Å². The summed E-state index contributed by atoms with van der Waals surface area (Å²) in [5.41, 5.74) is 0.488. The molecule has 2 rings (SSSR count). The zero-order valence-electron chi connectivity index (χ0n) is 11.4. The second-order valence-electron chi connectivity index (χ2n) is 4.80. The Kier molecular flexibility index (Phi) is 4.42. The number of piperazine rings is 1. The minimum absolute atomic E-state index is 0.0184. The topological polar surface area (TPSA) is 83.7 Å². The molecule has 0 aliphatic carbocycles. The molecule has 0 radical (unpaired) electrons. The fourth-order valence-electron chi connectivity index (χ4n) is 2.24. The van der Waals surface area contributed by atoms with Crippen LogP contribution in [0.4, 0.5) is 0 Å². The molecule has 1 saturated heterocycles. The highest BCUT2D eigenvalue weighted by atomic mass is 32.2. The van der Waals surface area contributed by atoms with E-state index in [1.807, 2.05) is 0 Å². The third-order valence-electron chi connectivity index (χ3n) is 3.54. The lowest BCUT2D eigenvalue weighted by Gasteiger charge is -2.34. The standard InChI is InChI=1S/C13H19N3O3S/c1-2-15-7-9-16(10-8-15)13(17)11-3-5-12(6-4-11)20(14,18)19/h3-6H,2,7-10H2,1H3,(H2,14,18,19). The van der Waals surface area contributed by atoms with Gasteiger partial charge in [-0.2, -0.15) is 0 Å². The molecule has 7 heteroatoms. The Morgan fingerprint density at radius 3 is 2.15 bits per heavy atom. The predicted octanol–water partition coefficient (Wildman–Crippen LogP) is 0.112. The molecule has 0 atom stereocenters. The first-order chi connectivity index (χ1) is 9.41. The summed E-state index contributed by atoms with van der Waals surface area (Å²) in [6.07, 6.45) is 0. The van der Waals surface area contributed by atoms with Crippen LogP contribution in [0.1, 0.15) is 17.3 Å². The van der Waals surface area contributed by atoms with E-state index in [1.54, 1.807) is 4.90 Å². The lowest BCUT2D eigenvalue weighted by Crippen LogP contribution is -2.48. The number of nitrogens with two attached hydrogens (primary N) is 1. The number of sulfonamides is 1. The Labute approximate surface area is 119 Å². The van der Waals surface area contributed by atoms with Crippen molar-refractivity contribution in [3.8, 4) is 0 Å². The molecule has 6 nitrogen and oxygen atoms in total. The first-order valence-corrected chi connectivity index (χ1v) is 8.11. The van der Waals surface area contributed by atoms with E-state index < -0.39 is 10.0 Å². The zero-order chi connectivity index (χ0) is 14.8. The van der Waals surface area contributed by atoms with Crippen LogP contribution in [0.25, 0.3) is 0 Å². The van der Waals surface area contributed by atoms with E-state index in [1.165, 1.54) is 24.3 Å². The molecule has 110 valence electrons. The van der Waals surface area contributed by atoms with Crippen LogP contribution in [-0.2, 0) is 10.0 Å². The van der Waals surface area contributed by atoms with E-state index in [2.05, 4.69) is 11.8 Å². The first kappa shape index (κ1) is 15.0. The minimum atomic E-state index is -3.71. The molecule has 1 aromatic rings. The molecule has 0 unspecified atom stereocenters. The van der Waals surface area contributed by atoms with Crippen molar-refractivity contribution in [2.24, 2.45) is 5.14 Å². The maximum atomic E-state index is 12.3. The number of carbonyl (C=O) groups excluding carboxylic acids is 1. The Balaban J connectivity index is 2.07. The lowest BCUT2D eigenvalue weighted by molar-refractivity contribution is 0.0643. The van der Waals surface area contributed by atoms with Crippen molar-refractivity contribution < 1.29 is 13.2 Å². The van der Waals surface area contributed by atoms with E-state index in [9.17, 15) is 13.2 Å². The van der Waals surface area contributed by atoms with E-state index in [0.717, 1.165) is 19.6 Å². The third-order valence-corrected chi connectivity index (χ3v) is 4.47. The van der Waals surface area contributed by atoms with Crippen LogP contribution in [0.3, 0.4) is 0 Å². The Bertz CT molecular complexity index is 575. The molecule has 1 aliphatic heterocycles. The molecule has 0 aromatic heterocycles. The SMILES string of the molecule is CCN1CCN(C(=O)c2ccc(S(N)(=O)=O)cc2)CC1. The maximum absolute atomic E-state index is 12.3. The van der Waals surface area contributed by atoms with Gasteiger partial charge < -0.3 is 9.80 Å². The average molecular weight is 297 g/mol. The van der Waals surface area contributed by atoms with Gasteiger partial charge >= 0.3 is 0 Å². The summed E-state index contributed by atoms with van der Waals surface area (Å²) in [5.74, 6) is -0.0678. The molecule has 1 aliphatic rings. The van der Waals surface area contributed by atoms with Crippen LogP contribution < -0.4 is 5.14 Å². The van der Waals surface area contributed by atoms with Gasteiger partial charge in [0.1, 0.15) is 0 Å². The quantitative estimate of drug-likeness (QED) is 0.858. The molecule has 1 fully saturated rings. The van der Waals surface area contributed by atoms with Crippen LogP contribution in [-0.4, -0.2) is 56.8 Å². The second-order valence-corrected chi connectivity index (χ2v) is 6.36. The Morgan fingerprint density at radius 1 is 1.15 bits per heavy atom.